The number of carbonyl (C=O) groups is 2. The zero-order valence-corrected chi connectivity index (χ0v) is 9.64. The Labute approximate surface area is 96.0 Å². The molecule has 7 heteroatoms. The van der Waals surface area contributed by atoms with Gasteiger partial charge in [-0.25, -0.2) is 4.79 Å². The number of rotatable bonds is 2. The zero-order valence-electron chi connectivity index (χ0n) is 8.01. The molecule has 84 valence electrons. The second-order valence-corrected chi connectivity index (χ2v) is 5.46. The second kappa shape index (κ2) is 4.63. The number of carboxylic acid groups (broad SMARTS) is 1. The summed E-state index contributed by atoms with van der Waals surface area (Å²) in [4.78, 5) is 24.3. The normalized spacial score (nSPS) is 30.8. The summed E-state index contributed by atoms with van der Waals surface area (Å²) >= 11 is 3.16. The van der Waals surface area contributed by atoms with Gasteiger partial charge < -0.3 is 10.0 Å². The topological polar surface area (TPSA) is 69.6 Å². The van der Waals surface area contributed by atoms with Crippen molar-refractivity contribution < 1.29 is 14.7 Å². The molecule has 0 radical (unpaired) electrons. The van der Waals surface area contributed by atoms with Crippen LogP contribution in [0.25, 0.3) is 0 Å². The molecule has 2 atom stereocenters. The van der Waals surface area contributed by atoms with Crippen molar-refractivity contribution in [2.75, 3.05) is 23.3 Å². The van der Waals surface area contributed by atoms with Gasteiger partial charge in [0.1, 0.15) is 6.04 Å². The van der Waals surface area contributed by atoms with Gasteiger partial charge in [-0.2, -0.15) is 0 Å². The number of nitrogens with zero attached hydrogens (tertiary/aromatic N) is 1. The standard InChI is InChI=1S/C8H12N2O3S2/c11-7(5-1-14-3-9-5)10-4-15-2-6(10)8(12)13/h5-6,9H,1-4H2,(H,12,13)/t5-,6-/m0/s1. The minimum absolute atomic E-state index is 0.0719. The van der Waals surface area contributed by atoms with Gasteiger partial charge >= 0.3 is 5.97 Å². The third kappa shape index (κ3) is 2.24. The average Bonchev–Trinajstić information content (AvgIpc) is 2.88. The number of thioether (sulfide) groups is 2. The van der Waals surface area contributed by atoms with Crippen molar-refractivity contribution in [3.63, 3.8) is 0 Å². The molecular weight excluding hydrogens is 236 g/mol. The molecule has 0 aromatic carbocycles. The Kier molecular flexibility index (Phi) is 3.42. The summed E-state index contributed by atoms with van der Waals surface area (Å²) in [5.41, 5.74) is 0. The Morgan fingerprint density at radius 2 is 2.13 bits per heavy atom. The van der Waals surface area contributed by atoms with E-state index < -0.39 is 12.0 Å². The van der Waals surface area contributed by atoms with Crippen LogP contribution in [0.15, 0.2) is 0 Å². The van der Waals surface area contributed by atoms with Crippen molar-refractivity contribution in [2.45, 2.75) is 12.1 Å². The van der Waals surface area contributed by atoms with Crippen LogP contribution in [-0.2, 0) is 9.59 Å². The molecule has 5 nitrogen and oxygen atoms in total. The monoisotopic (exact) mass is 248 g/mol. The van der Waals surface area contributed by atoms with Crippen LogP contribution >= 0.6 is 23.5 Å². The summed E-state index contributed by atoms with van der Waals surface area (Å²) < 4.78 is 0. The first kappa shape index (κ1) is 11.1. The van der Waals surface area contributed by atoms with Crippen LogP contribution in [0.1, 0.15) is 0 Å². The molecule has 0 aromatic rings. The summed E-state index contributed by atoms with van der Waals surface area (Å²) in [6.45, 7) is 0. The predicted molar refractivity (Wildman–Crippen MR) is 59.8 cm³/mol. The fourth-order valence-corrected chi connectivity index (χ4v) is 3.71. The molecule has 2 saturated heterocycles. The van der Waals surface area contributed by atoms with Crippen LogP contribution in [0.2, 0.25) is 0 Å². The van der Waals surface area contributed by atoms with Gasteiger partial charge in [-0.1, -0.05) is 0 Å². The first-order chi connectivity index (χ1) is 7.20. The lowest BCUT2D eigenvalue weighted by molar-refractivity contribution is -0.148. The molecule has 1 amide bonds. The first-order valence-electron chi connectivity index (χ1n) is 4.62. The molecule has 0 aliphatic carbocycles. The molecule has 0 unspecified atom stereocenters. The van der Waals surface area contributed by atoms with Crippen molar-refractivity contribution in [2.24, 2.45) is 0 Å². The van der Waals surface area contributed by atoms with Gasteiger partial charge in [-0.3, -0.25) is 10.1 Å². The lowest BCUT2D eigenvalue weighted by atomic mass is 10.2. The number of aliphatic carboxylic acids is 1. The zero-order chi connectivity index (χ0) is 10.8. The van der Waals surface area contributed by atoms with Crippen molar-refractivity contribution in [3.8, 4) is 0 Å². The molecule has 2 fully saturated rings. The van der Waals surface area contributed by atoms with Gasteiger partial charge in [0.2, 0.25) is 5.91 Å². The van der Waals surface area contributed by atoms with Gasteiger partial charge in [0.25, 0.3) is 0 Å². The van der Waals surface area contributed by atoms with Crippen LogP contribution in [0.3, 0.4) is 0 Å². The molecule has 0 spiro atoms. The van der Waals surface area contributed by atoms with E-state index in [2.05, 4.69) is 5.32 Å². The molecular formula is C8H12N2O3S2. The Balaban J connectivity index is 2.02. The van der Waals surface area contributed by atoms with Crippen LogP contribution in [0.5, 0.6) is 0 Å². The van der Waals surface area contributed by atoms with E-state index in [-0.39, 0.29) is 11.9 Å². The molecule has 2 N–H and O–H groups in total. The fraction of sp³-hybridized carbons (Fsp3) is 0.750. The van der Waals surface area contributed by atoms with Gasteiger partial charge in [-0.05, 0) is 0 Å². The summed E-state index contributed by atoms with van der Waals surface area (Å²) in [7, 11) is 0. The van der Waals surface area contributed by atoms with E-state index in [0.29, 0.717) is 11.6 Å². The van der Waals surface area contributed by atoms with Gasteiger partial charge in [0.15, 0.2) is 0 Å². The van der Waals surface area contributed by atoms with Crippen molar-refractivity contribution >= 4 is 35.4 Å². The molecule has 0 bridgehead atoms. The summed E-state index contributed by atoms with van der Waals surface area (Å²) in [5, 5.41) is 12.0. The molecule has 2 aliphatic rings. The van der Waals surface area contributed by atoms with Crippen molar-refractivity contribution in [3.05, 3.63) is 0 Å². The van der Waals surface area contributed by atoms with E-state index in [1.165, 1.54) is 16.7 Å². The highest BCUT2D eigenvalue weighted by atomic mass is 32.2. The van der Waals surface area contributed by atoms with Gasteiger partial charge in [0, 0.05) is 17.4 Å². The molecule has 2 rings (SSSR count). The highest BCUT2D eigenvalue weighted by molar-refractivity contribution is 7.99. The lowest BCUT2D eigenvalue weighted by Crippen LogP contribution is -2.49. The number of hydrogen-bond acceptors (Lipinski definition) is 5. The largest absolute Gasteiger partial charge is 0.480 e. The van der Waals surface area contributed by atoms with E-state index in [4.69, 9.17) is 5.11 Å². The molecule has 15 heavy (non-hydrogen) atoms. The fourth-order valence-electron chi connectivity index (χ4n) is 1.62. The third-order valence-corrected chi connectivity index (χ3v) is 4.42. The van der Waals surface area contributed by atoms with Gasteiger partial charge in [0.05, 0.1) is 11.9 Å². The number of hydrogen-bond donors (Lipinski definition) is 2. The molecule has 0 saturated carbocycles. The Hall–Kier alpha value is -0.400. The number of amides is 1. The van der Waals surface area contributed by atoms with E-state index in [1.54, 1.807) is 11.8 Å². The minimum Gasteiger partial charge on any atom is -0.480 e. The summed E-state index contributed by atoms with van der Waals surface area (Å²) in [6.07, 6.45) is 0. The summed E-state index contributed by atoms with van der Waals surface area (Å²) in [6, 6.07) is -0.842. The van der Waals surface area contributed by atoms with E-state index in [1.807, 2.05) is 0 Å². The highest BCUT2D eigenvalue weighted by Crippen LogP contribution is 2.23. The number of nitrogens with one attached hydrogen (secondary N) is 1. The van der Waals surface area contributed by atoms with E-state index in [0.717, 1.165) is 11.6 Å². The second-order valence-electron chi connectivity index (χ2n) is 3.43. The maximum atomic E-state index is 11.9. The molecule has 0 aromatic heterocycles. The smallest absolute Gasteiger partial charge is 0.327 e. The Morgan fingerprint density at radius 1 is 1.33 bits per heavy atom. The quantitative estimate of drug-likeness (QED) is 0.695. The highest BCUT2D eigenvalue weighted by Gasteiger charge is 2.38. The molecule has 2 aliphatic heterocycles. The maximum absolute atomic E-state index is 11.9. The third-order valence-electron chi connectivity index (χ3n) is 2.46. The Bertz CT molecular complexity index is 281. The van der Waals surface area contributed by atoms with Crippen LogP contribution < -0.4 is 5.32 Å². The van der Waals surface area contributed by atoms with Gasteiger partial charge in [-0.15, -0.1) is 23.5 Å². The lowest BCUT2D eigenvalue weighted by Gasteiger charge is -2.23. The molecule has 2 heterocycles. The van der Waals surface area contributed by atoms with E-state index >= 15 is 0 Å². The van der Waals surface area contributed by atoms with Crippen molar-refractivity contribution in [1.29, 1.82) is 0 Å². The van der Waals surface area contributed by atoms with E-state index in [9.17, 15) is 9.59 Å². The number of carbonyl (C=O) groups excluding carboxylic acids is 1. The first-order valence-corrected chi connectivity index (χ1v) is 6.93. The maximum Gasteiger partial charge on any atom is 0.327 e. The number of carboxylic acids is 1. The Morgan fingerprint density at radius 3 is 2.73 bits per heavy atom. The average molecular weight is 248 g/mol. The summed E-state index contributed by atoms with van der Waals surface area (Å²) in [5.74, 6) is 1.54. The SMILES string of the molecule is O=C(O)[C@@H]1CSCN1C(=O)[C@@H]1CSCN1. The minimum atomic E-state index is -0.904. The van der Waals surface area contributed by atoms with Crippen molar-refractivity contribution in [1.82, 2.24) is 10.2 Å². The predicted octanol–water partition coefficient (Wildman–Crippen LogP) is -0.365. The van der Waals surface area contributed by atoms with Crippen LogP contribution in [-0.4, -0.2) is 57.2 Å². The van der Waals surface area contributed by atoms with Crippen LogP contribution in [0.4, 0.5) is 0 Å². The van der Waals surface area contributed by atoms with Crippen LogP contribution in [0, 0.1) is 0 Å².